The van der Waals surface area contributed by atoms with Gasteiger partial charge in [-0.1, -0.05) is 44.7 Å². The molecule has 0 unspecified atom stereocenters. The Morgan fingerprint density at radius 3 is 2.21 bits per heavy atom. The van der Waals surface area contributed by atoms with Crippen molar-refractivity contribution < 1.29 is 0 Å². The van der Waals surface area contributed by atoms with Gasteiger partial charge in [0.25, 0.3) is 0 Å². The average Bonchev–Trinajstić information content (AvgIpc) is 2.20. The fraction of sp³-hybridized carbons (Fsp3) is 0.231. The van der Waals surface area contributed by atoms with Gasteiger partial charge in [0, 0.05) is 5.56 Å². The standard InChI is InChI=1S/C13H15N/c1-5-13(14-4)12-8-6-11(7-9-12)10(2)3/h6-10H,1,4H2,2-3H3. The zero-order valence-electron chi connectivity index (χ0n) is 8.75. The molecule has 1 aromatic rings. The molecule has 1 heteroatoms. The minimum absolute atomic E-state index is 0.553. The SMILES string of the molecule is C=C=C(N=C)c1ccc(C(C)C)cc1. The molecule has 0 heterocycles. The lowest BCUT2D eigenvalue weighted by molar-refractivity contribution is 0.866. The van der Waals surface area contributed by atoms with Crippen molar-refractivity contribution in [3.05, 3.63) is 47.7 Å². The Kier molecular flexibility index (Phi) is 3.44. The van der Waals surface area contributed by atoms with Gasteiger partial charge in [0.05, 0.1) is 0 Å². The maximum Gasteiger partial charge on any atom is 0.111 e. The second-order valence-electron chi connectivity index (χ2n) is 3.46. The van der Waals surface area contributed by atoms with Crippen molar-refractivity contribution in [2.45, 2.75) is 19.8 Å². The summed E-state index contributed by atoms with van der Waals surface area (Å²) < 4.78 is 0. The number of benzene rings is 1. The second-order valence-corrected chi connectivity index (χ2v) is 3.46. The zero-order valence-corrected chi connectivity index (χ0v) is 8.75. The van der Waals surface area contributed by atoms with Gasteiger partial charge in [0.15, 0.2) is 0 Å². The lowest BCUT2D eigenvalue weighted by Gasteiger charge is -2.05. The first-order valence-electron chi connectivity index (χ1n) is 4.66. The second kappa shape index (κ2) is 4.59. The fourth-order valence-corrected chi connectivity index (χ4v) is 1.28. The van der Waals surface area contributed by atoms with E-state index in [-0.39, 0.29) is 0 Å². The summed E-state index contributed by atoms with van der Waals surface area (Å²) >= 11 is 0. The van der Waals surface area contributed by atoms with Crippen LogP contribution in [0.4, 0.5) is 0 Å². The van der Waals surface area contributed by atoms with Gasteiger partial charge in [-0.05, 0) is 18.2 Å². The van der Waals surface area contributed by atoms with E-state index in [0.29, 0.717) is 11.6 Å². The van der Waals surface area contributed by atoms with Crippen LogP contribution in [0, 0.1) is 0 Å². The van der Waals surface area contributed by atoms with Gasteiger partial charge in [0.2, 0.25) is 0 Å². The van der Waals surface area contributed by atoms with Crippen LogP contribution < -0.4 is 0 Å². The molecular weight excluding hydrogens is 170 g/mol. The number of rotatable bonds is 3. The number of hydrogen-bond acceptors (Lipinski definition) is 1. The topological polar surface area (TPSA) is 12.4 Å². The Balaban J connectivity index is 3.05. The summed E-state index contributed by atoms with van der Waals surface area (Å²) in [5, 5.41) is 0. The third-order valence-corrected chi connectivity index (χ3v) is 2.18. The van der Waals surface area contributed by atoms with Crippen LogP contribution in [-0.4, -0.2) is 6.72 Å². The van der Waals surface area contributed by atoms with E-state index in [4.69, 9.17) is 0 Å². The molecule has 0 bridgehead atoms. The van der Waals surface area contributed by atoms with Crippen molar-refractivity contribution in [1.29, 1.82) is 0 Å². The van der Waals surface area contributed by atoms with Gasteiger partial charge >= 0.3 is 0 Å². The Labute approximate surface area is 85.5 Å². The molecule has 0 aromatic heterocycles. The highest BCUT2D eigenvalue weighted by molar-refractivity contribution is 5.67. The average molecular weight is 185 g/mol. The molecule has 0 N–H and O–H groups in total. The van der Waals surface area contributed by atoms with Gasteiger partial charge < -0.3 is 0 Å². The molecule has 1 aromatic carbocycles. The predicted molar refractivity (Wildman–Crippen MR) is 62.6 cm³/mol. The molecule has 72 valence electrons. The van der Waals surface area contributed by atoms with Crippen LogP contribution in [0.5, 0.6) is 0 Å². The Hall–Kier alpha value is -1.59. The highest BCUT2D eigenvalue weighted by atomic mass is 14.7. The number of aliphatic imine (C=N–C) groups is 1. The smallest absolute Gasteiger partial charge is 0.111 e. The highest BCUT2D eigenvalue weighted by Gasteiger charge is 2.00. The molecular formula is C13H15N. The molecule has 0 aliphatic carbocycles. The van der Waals surface area contributed by atoms with Crippen LogP contribution >= 0.6 is 0 Å². The van der Waals surface area contributed by atoms with E-state index in [1.54, 1.807) is 0 Å². The van der Waals surface area contributed by atoms with Crippen LogP contribution in [0.1, 0.15) is 30.9 Å². The molecule has 0 radical (unpaired) electrons. The summed E-state index contributed by atoms with van der Waals surface area (Å²) in [6.07, 6.45) is 0. The normalized spacial score (nSPS) is 9.64. The largest absolute Gasteiger partial charge is 0.256 e. The summed E-state index contributed by atoms with van der Waals surface area (Å²) in [6, 6.07) is 8.25. The first kappa shape index (κ1) is 10.5. The Bertz CT molecular complexity index is 365. The van der Waals surface area contributed by atoms with E-state index in [2.05, 4.69) is 50.0 Å². The van der Waals surface area contributed by atoms with E-state index in [1.807, 2.05) is 12.1 Å². The van der Waals surface area contributed by atoms with Crippen molar-refractivity contribution >= 4 is 12.4 Å². The maximum atomic E-state index is 3.84. The molecule has 0 saturated heterocycles. The molecule has 0 atom stereocenters. The first-order chi connectivity index (χ1) is 6.69. The summed E-state index contributed by atoms with van der Waals surface area (Å²) in [5.74, 6) is 0.553. The summed E-state index contributed by atoms with van der Waals surface area (Å²) in [4.78, 5) is 3.84. The molecule has 1 rings (SSSR count). The molecule has 0 spiro atoms. The summed E-state index contributed by atoms with van der Waals surface area (Å²) in [5.41, 5.74) is 5.80. The first-order valence-corrected chi connectivity index (χ1v) is 4.66. The van der Waals surface area contributed by atoms with Gasteiger partial charge in [-0.2, -0.15) is 0 Å². The van der Waals surface area contributed by atoms with Gasteiger partial charge in [0.1, 0.15) is 5.70 Å². The van der Waals surface area contributed by atoms with Gasteiger partial charge in [-0.15, -0.1) is 5.73 Å². The van der Waals surface area contributed by atoms with Crippen molar-refractivity contribution in [3.8, 4) is 0 Å². The fourth-order valence-electron chi connectivity index (χ4n) is 1.28. The molecule has 0 saturated carbocycles. The highest BCUT2D eigenvalue weighted by Crippen LogP contribution is 2.19. The third-order valence-electron chi connectivity index (χ3n) is 2.18. The van der Waals surface area contributed by atoms with E-state index in [0.717, 1.165) is 5.56 Å². The minimum Gasteiger partial charge on any atom is -0.256 e. The van der Waals surface area contributed by atoms with Crippen molar-refractivity contribution in [3.63, 3.8) is 0 Å². The van der Waals surface area contributed by atoms with Crippen LogP contribution in [0.15, 0.2) is 41.6 Å². The quantitative estimate of drug-likeness (QED) is 0.503. The van der Waals surface area contributed by atoms with Crippen LogP contribution in [0.3, 0.4) is 0 Å². The Morgan fingerprint density at radius 2 is 1.86 bits per heavy atom. The summed E-state index contributed by atoms with van der Waals surface area (Å²) in [6.45, 7) is 11.4. The lowest BCUT2D eigenvalue weighted by atomic mass is 10.0. The number of nitrogens with zero attached hydrogens (tertiary/aromatic N) is 1. The van der Waals surface area contributed by atoms with Gasteiger partial charge in [-0.3, -0.25) is 4.99 Å². The van der Waals surface area contributed by atoms with E-state index < -0.39 is 0 Å². The molecule has 0 aliphatic rings. The number of hydrogen-bond donors (Lipinski definition) is 0. The summed E-state index contributed by atoms with van der Waals surface area (Å²) in [7, 11) is 0. The van der Waals surface area contributed by atoms with Crippen molar-refractivity contribution in [2.24, 2.45) is 4.99 Å². The van der Waals surface area contributed by atoms with Crippen LogP contribution in [0.2, 0.25) is 0 Å². The molecule has 14 heavy (non-hydrogen) atoms. The molecule has 0 fully saturated rings. The van der Waals surface area contributed by atoms with E-state index in [1.165, 1.54) is 5.56 Å². The maximum absolute atomic E-state index is 3.84. The lowest BCUT2D eigenvalue weighted by Crippen LogP contribution is -1.87. The predicted octanol–water partition coefficient (Wildman–Crippen LogP) is 3.64. The third kappa shape index (κ3) is 2.21. The van der Waals surface area contributed by atoms with Gasteiger partial charge in [-0.25, -0.2) is 0 Å². The molecule has 0 aliphatic heterocycles. The Morgan fingerprint density at radius 1 is 1.29 bits per heavy atom. The zero-order chi connectivity index (χ0) is 10.6. The van der Waals surface area contributed by atoms with E-state index >= 15 is 0 Å². The van der Waals surface area contributed by atoms with E-state index in [9.17, 15) is 0 Å². The molecule has 1 nitrogen and oxygen atoms in total. The van der Waals surface area contributed by atoms with Crippen molar-refractivity contribution in [2.75, 3.05) is 0 Å². The van der Waals surface area contributed by atoms with Crippen molar-refractivity contribution in [1.82, 2.24) is 0 Å². The minimum atomic E-state index is 0.553. The monoisotopic (exact) mass is 185 g/mol. The van der Waals surface area contributed by atoms with Crippen LogP contribution in [0.25, 0.3) is 5.70 Å². The molecule has 0 amide bonds. The van der Waals surface area contributed by atoms with Crippen LogP contribution in [-0.2, 0) is 0 Å².